The third kappa shape index (κ3) is 3.50. The predicted molar refractivity (Wildman–Crippen MR) is 89.8 cm³/mol. The molecule has 1 aromatic carbocycles. The normalized spacial score (nSPS) is 22.6. The molecule has 3 rings (SSSR count). The lowest BCUT2D eigenvalue weighted by atomic mass is 10.0. The van der Waals surface area contributed by atoms with E-state index < -0.39 is 0 Å². The third-order valence-electron chi connectivity index (χ3n) is 5.09. The molecule has 21 heavy (non-hydrogen) atoms. The molecule has 2 heterocycles. The van der Waals surface area contributed by atoms with Gasteiger partial charge in [0.1, 0.15) is 0 Å². The molecule has 0 radical (unpaired) electrons. The third-order valence-corrected chi connectivity index (χ3v) is 5.09. The maximum atomic E-state index is 5.77. The van der Waals surface area contributed by atoms with Crippen molar-refractivity contribution in [1.29, 1.82) is 0 Å². The molecule has 2 fully saturated rings. The Morgan fingerprint density at radius 1 is 0.952 bits per heavy atom. The van der Waals surface area contributed by atoms with Crippen LogP contribution in [-0.2, 0) is 0 Å². The van der Waals surface area contributed by atoms with Crippen molar-refractivity contribution in [1.82, 2.24) is 9.80 Å². The molecule has 0 bridgehead atoms. The second-order valence-electron chi connectivity index (χ2n) is 6.28. The number of piperazine rings is 1. The van der Waals surface area contributed by atoms with E-state index in [9.17, 15) is 0 Å². The van der Waals surface area contributed by atoms with Gasteiger partial charge in [0.15, 0.2) is 0 Å². The van der Waals surface area contributed by atoms with Gasteiger partial charge in [0.25, 0.3) is 0 Å². The summed E-state index contributed by atoms with van der Waals surface area (Å²) in [4.78, 5) is 7.77. The van der Waals surface area contributed by atoms with Crippen molar-refractivity contribution in [3.8, 4) is 0 Å². The molecule has 0 atom stereocenters. The first-order valence-corrected chi connectivity index (χ1v) is 8.33. The van der Waals surface area contributed by atoms with Crippen LogP contribution in [0.15, 0.2) is 24.3 Å². The highest BCUT2D eigenvalue weighted by Gasteiger charge is 2.27. The Bertz CT molecular complexity index is 429. The highest BCUT2D eigenvalue weighted by molar-refractivity contribution is 5.53. The largest absolute Gasteiger partial charge is 0.399 e. The molecule has 1 aromatic rings. The van der Waals surface area contributed by atoms with Crippen LogP contribution >= 0.6 is 0 Å². The molecule has 4 heteroatoms. The zero-order valence-corrected chi connectivity index (χ0v) is 13.2. The zero-order chi connectivity index (χ0) is 14.7. The second-order valence-corrected chi connectivity index (χ2v) is 6.28. The standard InChI is InChI=1S/C17H28N4/c1-2-19-11-13-21(14-12-19)17-7-9-20(10-8-17)16-5-3-15(18)4-6-16/h3-6,17H,2,7-14,18H2,1H3. The van der Waals surface area contributed by atoms with E-state index >= 15 is 0 Å². The Hall–Kier alpha value is -1.26. The first-order chi connectivity index (χ1) is 10.3. The number of nitrogens with zero attached hydrogens (tertiary/aromatic N) is 3. The molecule has 116 valence electrons. The van der Waals surface area contributed by atoms with Crippen LogP contribution in [0.1, 0.15) is 19.8 Å². The van der Waals surface area contributed by atoms with Crippen LogP contribution in [-0.4, -0.2) is 61.7 Å². The number of rotatable bonds is 3. The van der Waals surface area contributed by atoms with Gasteiger partial charge >= 0.3 is 0 Å². The maximum Gasteiger partial charge on any atom is 0.0367 e. The summed E-state index contributed by atoms with van der Waals surface area (Å²) >= 11 is 0. The molecule has 0 aliphatic carbocycles. The summed E-state index contributed by atoms with van der Waals surface area (Å²) in [5.74, 6) is 0. The average molecular weight is 288 g/mol. The minimum atomic E-state index is 0.786. The predicted octanol–water partition coefficient (Wildman–Crippen LogP) is 1.88. The van der Waals surface area contributed by atoms with Crippen LogP contribution < -0.4 is 10.6 Å². The van der Waals surface area contributed by atoms with Crippen molar-refractivity contribution < 1.29 is 0 Å². The maximum absolute atomic E-state index is 5.77. The molecule has 0 spiro atoms. The van der Waals surface area contributed by atoms with E-state index in [-0.39, 0.29) is 0 Å². The van der Waals surface area contributed by atoms with Gasteiger partial charge in [-0.15, -0.1) is 0 Å². The number of anilines is 2. The summed E-state index contributed by atoms with van der Waals surface area (Å²) < 4.78 is 0. The Labute approximate surface area is 128 Å². The monoisotopic (exact) mass is 288 g/mol. The molecule has 2 aliphatic rings. The second kappa shape index (κ2) is 6.67. The van der Waals surface area contributed by atoms with Crippen molar-refractivity contribution in [2.75, 3.05) is 56.4 Å². The van der Waals surface area contributed by atoms with Gasteiger partial charge in [-0.05, 0) is 43.7 Å². The molecule has 0 amide bonds. The van der Waals surface area contributed by atoms with E-state index in [4.69, 9.17) is 5.73 Å². The fourth-order valence-electron chi connectivity index (χ4n) is 3.62. The number of nitrogens with two attached hydrogens (primary N) is 1. The SMILES string of the molecule is CCN1CCN(C2CCN(c3ccc(N)cc3)CC2)CC1. The van der Waals surface area contributed by atoms with Crippen LogP contribution in [0.25, 0.3) is 0 Å². The number of likely N-dealkylation sites (N-methyl/N-ethyl adjacent to an activating group) is 1. The molecular formula is C17H28N4. The summed E-state index contributed by atoms with van der Waals surface area (Å²) in [5, 5.41) is 0. The van der Waals surface area contributed by atoms with E-state index in [1.54, 1.807) is 0 Å². The van der Waals surface area contributed by atoms with Gasteiger partial charge in [-0.25, -0.2) is 0 Å². The Kier molecular flexibility index (Phi) is 4.66. The molecule has 4 nitrogen and oxygen atoms in total. The van der Waals surface area contributed by atoms with Crippen molar-refractivity contribution in [3.63, 3.8) is 0 Å². The van der Waals surface area contributed by atoms with Crippen LogP contribution in [0.4, 0.5) is 11.4 Å². The highest BCUT2D eigenvalue weighted by Crippen LogP contribution is 2.24. The molecular weight excluding hydrogens is 260 g/mol. The lowest BCUT2D eigenvalue weighted by Crippen LogP contribution is -2.53. The number of benzene rings is 1. The van der Waals surface area contributed by atoms with E-state index in [1.807, 2.05) is 12.1 Å². The fourth-order valence-corrected chi connectivity index (χ4v) is 3.62. The zero-order valence-electron chi connectivity index (χ0n) is 13.2. The number of piperidine rings is 1. The van der Waals surface area contributed by atoms with Gasteiger partial charge in [0.05, 0.1) is 0 Å². The fraction of sp³-hybridized carbons (Fsp3) is 0.647. The molecule has 2 aliphatic heterocycles. The Morgan fingerprint density at radius 3 is 2.14 bits per heavy atom. The van der Waals surface area contributed by atoms with Crippen LogP contribution in [0, 0.1) is 0 Å². The summed E-state index contributed by atoms with van der Waals surface area (Å²) in [7, 11) is 0. The quantitative estimate of drug-likeness (QED) is 0.862. The Morgan fingerprint density at radius 2 is 1.57 bits per heavy atom. The lowest BCUT2D eigenvalue weighted by Gasteiger charge is -2.43. The first-order valence-electron chi connectivity index (χ1n) is 8.33. The van der Waals surface area contributed by atoms with Gasteiger partial charge in [-0.3, -0.25) is 4.90 Å². The van der Waals surface area contributed by atoms with Gasteiger partial charge in [-0.2, -0.15) is 0 Å². The van der Waals surface area contributed by atoms with E-state index in [1.165, 1.54) is 64.3 Å². The summed E-state index contributed by atoms with van der Waals surface area (Å²) in [6, 6.07) is 9.09. The number of nitrogen functional groups attached to an aromatic ring is 1. The van der Waals surface area contributed by atoms with Gasteiger partial charge in [0, 0.05) is 56.7 Å². The van der Waals surface area contributed by atoms with Crippen molar-refractivity contribution >= 4 is 11.4 Å². The van der Waals surface area contributed by atoms with Gasteiger partial charge in [-0.1, -0.05) is 6.92 Å². The summed E-state index contributed by atoms with van der Waals surface area (Å²) in [5.41, 5.74) is 7.94. The van der Waals surface area contributed by atoms with E-state index in [0.717, 1.165) is 11.7 Å². The summed E-state index contributed by atoms with van der Waals surface area (Å²) in [6.07, 6.45) is 2.58. The Balaban J connectivity index is 1.50. The number of hydrogen-bond donors (Lipinski definition) is 1. The molecule has 0 saturated carbocycles. The topological polar surface area (TPSA) is 35.7 Å². The molecule has 2 N–H and O–H groups in total. The van der Waals surface area contributed by atoms with Crippen LogP contribution in [0.2, 0.25) is 0 Å². The van der Waals surface area contributed by atoms with E-state index in [0.29, 0.717) is 0 Å². The van der Waals surface area contributed by atoms with Crippen molar-refractivity contribution in [3.05, 3.63) is 24.3 Å². The van der Waals surface area contributed by atoms with E-state index in [2.05, 4.69) is 33.8 Å². The molecule has 0 aromatic heterocycles. The average Bonchev–Trinajstić information content (AvgIpc) is 2.56. The van der Waals surface area contributed by atoms with Crippen molar-refractivity contribution in [2.24, 2.45) is 0 Å². The highest BCUT2D eigenvalue weighted by atomic mass is 15.3. The molecule has 2 saturated heterocycles. The minimum absolute atomic E-state index is 0.786. The molecule has 0 unspecified atom stereocenters. The lowest BCUT2D eigenvalue weighted by molar-refractivity contribution is 0.0878. The van der Waals surface area contributed by atoms with Gasteiger partial charge < -0.3 is 15.5 Å². The first kappa shape index (κ1) is 14.7. The van der Waals surface area contributed by atoms with Gasteiger partial charge in [0.2, 0.25) is 0 Å². The van der Waals surface area contributed by atoms with Crippen LogP contribution in [0.5, 0.6) is 0 Å². The minimum Gasteiger partial charge on any atom is -0.399 e. The smallest absolute Gasteiger partial charge is 0.0367 e. The van der Waals surface area contributed by atoms with Crippen molar-refractivity contribution in [2.45, 2.75) is 25.8 Å². The summed E-state index contributed by atoms with van der Waals surface area (Å²) in [6.45, 7) is 10.8. The number of hydrogen-bond acceptors (Lipinski definition) is 4. The van der Waals surface area contributed by atoms with Crippen LogP contribution in [0.3, 0.4) is 0 Å².